The van der Waals surface area contributed by atoms with Crippen LogP contribution >= 0.6 is 0 Å². The van der Waals surface area contributed by atoms with Gasteiger partial charge in [0.25, 0.3) is 0 Å². The third-order valence-electron chi connectivity index (χ3n) is 4.25. The van der Waals surface area contributed by atoms with Crippen LogP contribution < -0.4 is 15.5 Å². The minimum atomic E-state index is 0.0600. The Kier molecular flexibility index (Phi) is 5.85. The first kappa shape index (κ1) is 16.2. The molecular formula is C17H25N3O3. The standard InChI is InChI=1S/C17H25N3O3/c21-17(11-15-13-23-8-5-18-15)19-12-14-3-1-2-4-16(14)20-6-9-22-10-7-20/h1-4,15,18H,5-13H2,(H,19,21). The summed E-state index contributed by atoms with van der Waals surface area (Å²) in [5.41, 5.74) is 2.34. The van der Waals surface area contributed by atoms with E-state index in [2.05, 4.69) is 27.7 Å². The van der Waals surface area contributed by atoms with Crippen molar-refractivity contribution in [3.8, 4) is 0 Å². The van der Waals surface area contributed by atoms with Gasteiger partial charge < -0.3 is 25.0 Å². The lowest BCUT2D eigenvalue weighted by atomic mass is 10.1. The van der Waals surface area contributed by atoms with E-state index >= 15 is 0 Å². The van der Waals surface area contributed by atoms with Crippen LogP contribution in [0.5, 0.6) is 0 Å². The molecule has 2 fully saturated rings. The van der Waals surface area contributed by atoms with E-state index in [1.165, 1.54) is 5.69 Å². The second-order valence-corrected chi connectivity index (χ2v) is 5.93. The predicted octanol–water partition coefficient (Wildman–Crippen LogP) is 0.518. The molecule has 1 aromatic rings. The van der Waals surface area contributed by atoms with Gasteiger partial charge in [-0.15, -0.1) is 0 Å². The fraction of sp³-hybridized carbons (Fsp3) is 0.588. The zero-order chi connectivity index (χ0) is 15.9. The molecule has 0 saturated carbocycles. The first-order valence-corrected chi connectivity index (χ1v) is 8.31. The van der Waals surface area contributed by atoms with Gasteiger partial charge in [-0.05, 0) is 11.6 Å². The molecule has 0 aliphatic carbocycles. The van der Waals surface area contributed by atoms with E-state index in [-0.39, 0.29) is 11.9 Å². The Balaban J connectivity index is 1.54. The average molecular weight is 319 g/mol. The molecule has 2 saturated heterocycles. The maximum Gasteiger partial charge on any atom is 0.221 e. The molecule has 0 bridgehead atoms. The number of morpholine rings is 2. The summed E-state index contributed by atoms with van der Waals surface area (Å²) in [6.45, 7) is 6.02. The number of amides is 1. The van der Waals surface area contributed by atoms with Crippen molar-refractivity contribution in [3.05, 3.63) is 29.8 Å². The zero-order valence-electron chi connectivity index (χ0n) is 13.4. The van der Waals surface area contributed by atoms with Crippen molar-refractivity contribution in [3.63, 3.8) is 0 Å². The number of nitrogens with zero attached hydrogens (tertiary/aromatic N) is 1. The average Bonchev–Trinajstić information content (AvgIpc) is 2.62. The summed E-state index contributed by atoms with van der Waals surface area (Å²) >= 11 is 0. The van der Waals surface area contributed by atoms with Crippen LogP contribution in [0.15, 0.2) is 24.3 Å². The number of benzene rings is 1. The van der Waals surface area contributed by atoms with E-state index in [0.717, 1.165) is 45.0 Å². The van der Waals surface area contributed by atoms with Crippen LogP contribution in [0.25, 0.3) is 0 Å². The van der Waals surface area contributed by atoms with E-state index in [1.807, 2.05) is 12.1 Å². The second-order valence-electron chi connectivity index (χ2n) is 5.93. The van der Waals surface area contributed by atoms with Crippen LogP contribution in [0, 0.1) is 0 Å². The van der Waals surface area contributed by atoms with Gasteiger partial charge in [-0.3, -0.25) is 4.79 Å². The van der Waals surface area contributed by atoms with Gasteiger partial charge in [-0.2, -0.15) is 0 Å². The summed E-state index contributed by atoms with van der Waals surface area (Å²) in [5, 5.41) is 6.34. The molecular weight excluding hydrogens is 294 g/mol. The van der Waals surface area contributed by atoms with E-state index in [0.29, 0.717) is 19.6 Å². The monoisotopic (exact) mass is 319 g/mol. The van der Waals surface area contributed by atoms with Crippen molar-refractivity contribution in [2.75, 3.05) is 51.0 Å². The van der Waals surface area contributed by atoms with Crippen LogP contribution in [0.1, 0.15) is 12.0 Å². The highest BCUT2D eigenvalue weighted by Gasteiger charge is 2.18. The van der Waals surface area contributed by atoms with Crippen LogP contribution in [-0.2, 0) is 20.8 Å². The molecule has 3 rings (SSSR count). The maximum absolute atomic E-state index is 12.1. The predicted molar refractivity (Wildman–Crippen MR) is 88.5 cm³/mol. The number of carbonyl (C=O) groups is 1. The van der Waals surface area contributed by atoms with Crippen molar-refractivity contribution in [2.24, 2.45) is 0 Å². The van der Waals surface area contributed by atoms with Crippen molar-refractivity contribution in [1.82, 2.24) is 10.6 Å². The highest BCUT2D eigenvalue weighted by molar-refractivity contribution is 5.76. The smallest absolute Gasteiger partial charge is 0.221 e. The summed E-state index contributed by atoms with van der Waals surface area (Å²) in [7, 11) is 0. The van der Waals surface area contributed by atoms with E-state index in [9.17, 15) is 4.79 Å². The molecule has 1 atom stereocenters. The van der Waals surface area contributed by atoms with Gasteiger partial charge >= 0.3 is 0 Å². The first-order valence-electron chi connectivity index (χ1n) is 8.31. The summed E-state index contributed by atoms with van der Waals surface area (Å²) in [5.74, 6) is 0.0600. The third kappa shape index (κ3) is 4.67. The quantitative estimate of drug-likeness (QED) is 0.828. The second kappa shape index (κ2) is 8.29. The molecule has 1 aromatic carbocycles. The third-order valence-corrected chi connectivity index (χ3v) is 4.25. The van der Waals surface area contributed by atoms with E-state index < -0.39 is 0 Å². The summed E-state index contributed by atoms with van der Waals surface area (Å²) in [6.07, 6.45) is 0.458. The SMILES string of the molecule is O=C(CC1COCCN1)NCc1ccccc1N1CCOCC1. The van der Waals surface area contributed by atoms with Crippen molar-refractivity contribution in [1.29, 1.82) is 0 Å². The van der Waals surface area contributed by atoms with Crippen molar-refractivity contribution < 1.29 is 14.3 Å². The molecule has 2 N–H and O–H groups in total. The molecule has 2 aliphatic rings. The summed E-state index contributed by atoms with van der Waals surface area (Å²) in [4.78, 5) is 14.5. The van der Waals surface area contributed by atoms with Crippen molar-refractivity contribution >= 4 is 11.6 Å². The zero-order valence-corrected chi connectivity index (χ0v) is 13.4. The molecule has 6 heteroatoms. The Morgan fingerprint density at radius 1 is 1.22 bits per heavy atom. The fourth-order valence-electron chi connectivity index (χ4n) is 3.01. The Labute approximate surface area is 137 Å². The number of ether oxygens (including phenoxy) is 2. The highest BCUT2D eigenvalue weighted by atomic mass is 16.5. The Morgan fingerprint density at radius 2 is 2.04 bits per heavy atom. The topological polar surface area (TPSA) is 62.8 Å². The van der Waals surface area contributed by atoms with Gasteiger partial charge in [0.2, 0.25) is 5.91 Å². The Morgan fingerprint density at radius 3 is 2.83 bits per heavy atom. The van der Waals surface area contributed by atoms with Gasteiger partial charge in [0.15, 0.2) is 0 Å². The van der Waals surface area contributed by atoms with Crippen LogP contribution in [-0.4, -0.2) is 58.0 Å². The molecule has 6 nitrogen and oxygen atoms in total. The molecule has 1 unspecified atom stereocenters. The number of hydrogen-bond donors (Lipinski definition) is 2. The molecule has 23 heavy (non-hydrogen) atoms. The number of para-hydroxylation sites is 1. The van der Waals surface area contributed by atoms with E-state index in [4.69, 9.17) is 9.47 Å². The van der Waals surface area contributed by atoms with Gasteiger partial charge in [0.05, 0.1) is 26.4 Å². The number of hydrogen-bond acceptors (Lipinski definition) is 5. The summed E-state index contributed by atoms with van der Waals surface area (Å²) < 4.78 is 10.8. The normalized spacial score (nSPS) is 21.9. The lowest BCUT2D eigenvalue weighted by Crippen LogP contribution is -2.44. The first-order chi connectivity index (χ1) is 11.3. The number of carbonyl (C=O) groups excluding carboxylic acids is 1. The lowest BCUT2D eigenvalue weighted by molar-refractivity contribution is -0.122. The minimum Gasteiger partial charge on any atom is -0.378 e. The van der Waals surface area contributed by atoms with Crippen LogP contribution in [0.4, 0.5) is 5.69 Å². The van der Waals surface area contributed by atoms with Crippen LogP contribution in [0.2, 0.25) is 0 Å². The molecule has 1 amide bonds. The van der Waals surface area contributed by atoms with Crippen LogP contribution in [0.3, 0.4) is 0 Å². The fourth-order valence-corrected chi connectivity index (χ4v) is 3.01. The molecule has 2 aliphatic heterocycles. The number of anilines is 1. The minimum absolute atomic E-state index is 0.0600. The molecule has 2 heterocycles. The molecule has 0 spiro atoms. The van der Waals surface area contributed by atoms with Gasteiger partial charge in [-0.1, -0.05) is 18.2 Å². The number of rotatable bonds is 5. The van der Waals surface area contributed by atoms with E-state index in [1.54, 1.807) is 0 Å². The maximum atomic E-state index is 12.1. The van der Waals surface area contributed by atoms with Gasteiger partial charge in [-0.25, -0.2) is 0 Å². The van der Waals surface area contributed by atoms with Gasteiger partial charge in [0, 0.05) is 44.3 Å². The summed E-state index contributed by atoms with van der Waals surface area (Å²) in [6, 6.07) is 8.37. The van der Waals surface area contributed by atoms with Crippen molar-refractivity contribution in [2.45, 2.75) is 19.0 Å². The molecule has 126 valence electrons. The highest BCUT2D eigenvalue weighted by Crippen LogP contribution is 2.21. The van der Waals surface area contributed by atoms with Gasteiger partial charge in [0.1, 0.15) is 0 Å². The molecule has 0 radical (unpaired) electrons. The Bertz CT molecular complexity index is 512. The number of nitrogens with one attached hydrogen (secondary N) is 2. The largest absolute Gasteiger partial charge is 0.378 e. The lowest BCUT2D eigenvalue weighted by Gasteiger charge is -2.30. The molecule has 0 aromatic heterocycles. The Hall–Kier alpha value is -1.63.